The third-order valence-corrected chi connectivity index (χ3v) is 8.22. The minimum Gasteiger partial charge on any atom is -0.320 e. The van der Waals surface area contributed by atoms with Crippen LogP contribution < -0.4 is 5.32 Å². The van der Waals surface area contributed by atoms with E-state index in [2.05, 4.69) is 15.5 Å². The number of aromatic nitrogens is 2. The maximum Gasteiger partial charge on any atom is 0.286 e. The third kappa shape index (κ3) is 4.80. The van der Waals surface area contributed by atoms with Crippen LogP contribution in [0.3, 0.4) is 0 Å². The number of hydrogen-bond acceptors (Lipinski definition) is 6. The number of piperidine rings is 1. The number of halogens is 3. The molecule has 1 atom stereocenters. The van der Waals surface area contributed by atoms with Crippen LogP contribution in [0.2, 0.25) is 5.02 Å². The van der Waals surface area contributed by atoms with Gasteiger partial charge in [-0.15, -0.1) is 10.2 Å². The van der Waals surface area contributed by atoms with Crippen molar-refractivity contribution in [3.8, 4) is 0 Å². The number of carbonyl (C=O) groups is 1. The summed E-state index contributed by atoms with van der Waals surface area (Å²) in [6, 6.07) is 8.97. The summed E-state index contributed by atoms with van der Waals surface area (Å²) in [7, 11) is -4.15. The van der Waals surface area contributed by atoms with E-state index in [1.165, 1.54) is 0 Å². The number of rotatable bonds is 5. The molecule has 0 aliphatic carbocycles. The molecule has 1 unspecified atom stereocenters. The summed E-state index contributed by atoms with van der Waals surface area (Å²) in [4.78, 5) is 11.9. The number of anilines is 1. The Morgan fingerprint density at radius 3 is 2.62 bits per heavy atom. The monoisotopic (exact) mass is 498 g/mol. The quantitative estimate of drug-likeness (QED) is 0.566. The lowest BCUT2D eigenvalue weighted by molar-refractivity contribution is 0.102. The summed E-state index contributed by atoms with van der Waals surface area (Å²) in [6.45, 7) is 0.269. The van der Waals surface area contributed by atoms with Crippen molar-refractivity contribution in [3.63, 3.8) is 0 Å². The second-order valence-electron chi connectivity index (χ2n) is 7.18. The molecule has 4 rings (SSSR count). The number of hydrogen-bond donors (Lipinski definition) is 1. The van der Waals surface area contributed by atoms with Gasteiger partial charge in [0.2, 0.25) is 15.0 Å². The Bertz CT molecular complexity index is 1250. The molecular formula is C20H17ClF2N4O3S2. The highest BCUT2D eigenvalue weighted by Crippen LogP contribution is 2.32. The number of sulfonamides is 1. The standard InChI is InChI=1S/C20H17ClF2N4O3S2/c21-13-3-6-15(7-4-13)24-18(28)20-26-25-19(31-20)12-2-1-9-27(11-12)32(29,30)17-8-5-14(22)10-16(17)23/h3-8,10,12H,1-2,9,11H2,(H,24,28). The predicted octanol–water partition coefficient (Wildman–Crippen LogP) is 4.29. The molecule has 2 aromatic carbocycles. The van der Waals surface area contributed by atoms with Gasteiger partial charge in [0.05, 0.1) is 0 Å². The van der Waals surface area contributed by atoms with Crippen LogP contribution in [-0.4, -0.2) is 41.9 Å². The van der Waals surface area contributed by atoms with Gasteiger partial charge in [0.1, 0.15) is 21.5 Å². The van der Waals surface area contributed by atoms with Crippen molar-refractivity contribution in [1.82, 2.24) is 14.5 Å². The topological polar surface area (TPSA) is 92.3 Å². The van der Waals surface area contributed by atoms with E-state index in [1.54, 1.807) is 24.3 Å². The van der Waals surface area contributed by atoms with Crippen LogP contribution in [-0.2, 0) is 10.0 Å². The molecule has 32 heavy (non-hydrogen) atoms. The SMILES string of the molecule is O=C(Nc1ccc(Cl)cc1)c1nnc(C2CCCN(S(=O)(=O)c3ccc(F)cc3F)C2)s1. The van der Waals surface area contributed by atoms with Crippen LogP contribution in [0.25, 0.3) is 0 Å². The number of benzene rings is 2. The van der Waals surface area contributed by atoms with Crippen LogP contribution >= 0.6 is 22.9 Å². The van der Waals surface area contributed by atoms with E-state index in [1.807, 2.05) is 0 Å². The zero-order valence-electron chi connectivity index (χ0n) is 16.5. The Morgan fingerprint density at radius 2 is 1.91 bits per heavy atom. The normalized spacial score (nSPS) is 17.3. The van der Waals surface area contributed by atoms with Gasteiger partial charge in [-0.2, -0.15) is 4.31 Å². The van der Waals surface area contributed by atoms with Crippen LogP contribution in [0, 0.1) is 11.6 Å². The van der Waals surface area contributed by atoms with Gasteiger partial charge >= 0.3 is 0 Å². The van der Waals surface area contributed by atoms with Crippen LogP contribution in [0.5, 0.6) is 0 Å². The van der Waals surface area contributed by atoms with Gasteiger partial charge in [0.15, 0.2) is 0 Å². The molecule has 12 heteroatoms. The maximum absolute atomic E-state index is 14.1. The average Bonchev–Trinajstić information content (AvgIpc) is 3.26. The zero-order valence-corrected chi connectivity index (χ0v) is 18.9. The first-order valence-corrected chi connectivity index (χ1v) is 12.2. The lowest BCUT2D eigenvalue weighted by atomic mass is 10.0. The van der Waals surface area contributed by atoms with Gasteiger partial charge in [0.25, 0.3) is 5.91 Å². The summed E-state index contributed by atoms with van der Waals surface area (Å²) in [5.41, 5.74) is 0.549. The van der Waals surface area contributed by atoms with E-state index in [4.69, 9.17) is 11.6 Å². The van der Waals surface area contributed by atoms with Crippen LogP contribution in [0.4, 0.5) is 14.5 Å². The van der Waals surface area contributed by atoms with E-state index < -0.39 is 32.5 Å². The van der Waals surface area contributed by atoms with E-state index in [-0.39, 0.29) is 24.0 Å². The second-order valence-corrected chi connectivity index (χ2v) is 10.5. The maximum atomic E-state index is 14.1. The fourth-order valence-corrected chi connectivity index (χ4v) is 5.95. The van der Waals surface area contributed by atoms with Crippen molar-refractivity contribution < 1.29 is 22.0 Å². The van der Waals surface area contributed by atoms with Crippen molar-refractivity contribution in [2.75, 3.05) is 18.4 Å². The van der Waals surface area contributed by atoms with E-state index in [0.717, 1.165) is 27.8 Å². The molecule has 168 valence electrons. The molecule has 1 aromatic heterocycles. The highest BCUT2D eigenvalue weighted by Gasteiger charge is 2.34. The number of amides is 1. The Kier molecular flexibility index (Phi) is 6.52. The summed E-state index contributed by atoms with van der Waals surface area (Å²) >= 11 is 6.91. The van der Waals surface area contributed by atoms with Gasteiger partial charge in [-0.3, -0.25) is 4.79 Å². The molecule has 1 saturated heterocycles. The first-order chi connectivity index (χ1) is 15.2. The van der Waals surface area contributed by atoms with Gasteiger partial charge in [-0.05, 0) is 49.2 Å². The van der Waals surface area contributed by atoms with E-state index >= 15 is 0 Å². The van der Waals surface area contributed by atoms with Gasteiger partial charge in [-0.1, -0.05) is 22.9 Å². The Hall–Kier alpha value is -2.47. The highest BCUT2D eigenvalue weighted by molar-refractivity contribution is 7.89. The van der Waals surface area contributed by atoms with Crippen LogP contribution in [0.1, 0.15) is 33.6 Å². The first kappa shape index (κ1) is 22.7. The predicted molar refractivity (Wildman–Crippen MR) is 116 cm³/mol. The molecule has 0 bridgehead atoms. The largest absolute Gasteiger partial charge is 0.320 e. The van der Waals surface area contributed by atoms with Crippen molar-refractivity contribution in [2.24, 2.45) is 0 Å². The minimum absolute atomic E-state index is 0.0621. The van der Waals surface area contributed by atoms with Crippen molar-refractivity contribution in [1.29, 1.82) is 0 Å². The van der Waals surface area contributed by atoms with Gasteiger partial charge in [0, 0.05) is 35.8 Å². The van der Waals surface area contributed by atoms with Crippen molar-refractivity contribution in [2.45, 2.75) is 23.7 Å². The lowest BCUT2D eigenvalue weighted by Gasteiger charge is -2.30. The average molecular weight is 499 g/mol. The van der Waals surface area contributed by atoms with Gasteiger partial charge < -0.3 is 5.32 Å². The molecule has 0 spiro atoms. The molecule has 1 N–H and O–H groups in total. The summed E-state index contributed by atoms with van der Waals surface area (Å²) in [5, 5.41) is 11.9. The molecule has 3 aromatic rings. The van der Waals surface area contributed by atoms with Crippen molar-refractivity contribution >= 4 is 44.6 Å². The molecule has 1 amide bonds. The molecule has 0 radical (unpaired) electrons. The van der Waals surface area contributed by atoms with Crippen LogP contribution in [0.15, 0.2) is 47.4 Å². The summed E-state index contributed by atoms with van der Waals surface area (Å²) < 4.78 is 54.2. The van der Waals surface area contributed by atoms with E-state index in [0.29, 0.717) is 34.6 Å². The fraction of sp³-hybridized carbons (Fsp3) is 0.250. The number of nitrogens with zero attached hydrogens (tertiary/aromatic N) is 3. The number of carbonyl (C=O) groups excluding carboxylic acids is 1. The lowest BCUT2D eigenvalue weighted by Crippen LogP contribution is -2.39. The smallest absolute Gasteiger partial charge is 0.286 e. The molecule has 0 saturated carbocycles. The Morgan fingerprint density at radius 1 is 1.16 bits per heavy atom. The molecule has 1 aliphatic rings. The number of nitrogens with one attached hydrogen (secondary N) is 1. The summed E-state index contributed by atoms with van der Waals surface area (Å²) in [6.07, 6.45) is 1.17. The molecule has 1 aliphatic heterocycles. The Labute approximate surface area is 192 Å². The summed E-state index contributed by atoms with van der Waals surface area (Å²) in [5.74, 6) is -2.72. The zero-order chi connectivity index (χ0) is 22.9. The molecule has 1 fully saturated rings. The molecular weight excluding hydrogens is 482 g/mol. The van der Waals surface area contributed by atoms with Gasteiger partial charge in [-0.25, -0.2) is 17.2 Å². The second kappa shape index (κ2) is 9.18. The van der Waals surface area contributed by atoms with Crippen molar-refractivity contribution in [3.05, 3.63) is 69.1 Å². The molecule has 7 nitrogen and oxygen atoms in total. The minimum atomic E-state index is -4.15. The first-order valence-electron chi connectivity index (χ1n) is 9.59. The third-order valence-electron chi connectivity index (χ3n) is 4.98. The Balaban J connectivity index is 1.48. The highest BCUT2D eigenvalue weighted by atomic mass is 35.5. The van der Waals surface area contributed by atoms with E-state index in [9.17, 15) is 22.0 Å². The fourth-order valence-electron chi connectivity index (χ4n) is 3.39. The molecule has 2 heterocycles.